The van der Waals surface area contributed by atoms with Crippen molar-refractivity contribution in [2.24, 2.45) is 11.8 Å². The van der Waals surface area contributed by atoms with E-state index in [2.05, 4.69) is 11.1 Å². The molecule has 2 atom stereocenters. The molecule has 2 aliphatic rings. The molecule has 3 rings (SSSR count). The first-order valence-electron chi connectivity index (χ1n) is 7.32. The number of imidazole rings is 1. The van der Waals surface area contributed by atoms with Gasteiger partial charge in [0, 0.05) is 19.0 Å². The molecular formula is C16H20N2O3. The van der Waals surface area contributed by atoms with E-state index < -0.39 is 11.7 Å². The molecule has 0 bridgehead atoms. The van der Waals surface area contributed by atoms with Crippen LogP contribution in [-0.2, 0) is 9.53 Å². The Morgan fingerprint density at radius 1 is 1.33 bits per heavy atom. The van der Waals surface area contributed by atoms with E-state index in [1.807, 2.05) is 20.8 Å². The molecule has 0 spiro atoms. The average Bonchev–Trinajstić information content (AvgIpc) is 2.98. The third-order valence-electron chi connectivity index (χ3n) is 3.97. The first kappa shape index (κ1) is 14.0. The molecule has 1 saturated carbocycles. The van der Waals surface area contributed by atoms with Crippen molar-refractivity contribution < 1.29 is 14.3 Å². The Kier molecular flexibility index (Phi) is 3.23. The number of ketones is 1. The van der Waals surface area contributed by atoms with Crippen LogP contribution in [0.1, 0.15) is 45.7 Å². The molecule has 1 fully saturated rings. The summed E-state index contributed by atoms with van der Waals surface area (Å²) in [6.07, 6.45) is 7.14. The SMILES string of the molecule is CC(C)(C)OC(=O)n1cnc(C2=CC3CC(=O)CC3C2)c1. The van der Waals surface area contributed by atoms with Gasteiger partial charge in [0.2, 0.25) is 0 Å². The van der Waals surface area contributed by atoms with E-state index in [9.17, 15) is 9.59 Å². The lowest BCUT2D eigenvalue weighted by Crippen LogP contribution is -2.26. The second-order valence-corrected chi connectivity index (χ2v) is 6.91. The molecule has 2 unspecified atom stereocenters. The van der Waals surface area contributed by atoms with E-state index in [1.54, 1.807) is 6.20 Å². The maximum absolute atomic E-state index is 12.0. The molecule has 0 radical (unpaired) electrons. The molecule has 5 heteroatoms. The van der Waals surface area contributed by atoms with Crippen LogP contribution in [0.15, 0.2) is 18.6 Å². The highest BCUT2D eigenvalue weighted by atomic mass is 16.6. The molecule has 1 heterocycles. The van der Waals surface area contributed by atoms with Gasteiger partial charge in [0.15, 0.2) is 0 Å². The van der Waals surface area contributed by atoms with Crippen LogP contribution in [0.2, 0.25) is 0 Å². The summed E-state index contributed by atoms with van der Waals surface area (Å²) in [5.41, 5.74) is 1.42. The molecule has 1 aromatic heterocycles. The smallest absolute Gasteiger partial charge is 0.419 e. The second kappa shape index (κ2) is 4.83. The Morgan fingerprint density at radius 3 is 2.76 bits per heavy atom. The van der Waals surface area contributed by atoms with Crippen molar-refractivity contribution in [1.82, 2.24) is 9.55 Å². The maximum Gasteiger partial charge on any atom is 0.419 e. The number of fused-ring (bicyclic) bond motifs is 1. The summed E-state index contributed by atoms with van der Waals surface area (Å²) >= 11 is 0. The van der Waals surface area contributed by atoms with E-state index in [0.717, 1.165) is 17.7 Å². The Labute approximate surface area is 124 Å². The van der Waals surface area contributed by atoms with Crippen molar-refractivity contribution in [3.63, 3.8) is 0 Å². The van der Waals surface area contributed by atoms with Gasteiger partial charge in [0.1, 0.15) is 17.7 Å². The van der Waals surface area contributed by atoms with Crippen LogP contribution < -0.4 is 0 Å². The van der Waals surface area contributed by atoms with Gasteiger partial charge in [-0.3, -0.25) is 4.79 Å². The van der Waals surface area contributed by atoms with Crippen LogP contribution in [-0.4, -0.2) is 27.0 Å². The molecule has 0 aromatic carbocycles. The number of carbonyl (C=O) groups excluding carboxylic acids is 2. The highest BCUT2D eigenvalue weighted by Crippen LogP contribution is 2.44. The fourth-order valence-electron chi connectivity index (χ4n) is 3.08. The highest BCUT2D eigenvalue weighted by Gasteiger charge is 2.37. The van der Waals surface area contributed by atoms with E-state index in [0.29, 0.717) is 30.5 Å². The zero-order valence-corrected chi connectivity index (χ0v) is 12.6. The minimum absolute atomic E-state index is 0.360. The minimum Gasteiger partial charge on any atom is -0.443 e. The summed E-state index contributed by atoms with van der Waals surface area (Å²) in [4.78, 5) is 27.7. The topological polar surface area (TPSA) is 61.2 Å². The van der Waals surface area contributed by atoms with Crippen molar-refractivity contribution in [3.05, 3.63) is 24.3 Å². The second-order valence-electron chi connectivity index (χ2n) is 6.91. The third-order valence-corrected chi connectivity index (χ3v) is 3.97. The van der Waals surface area contributed by atoms with Gasteiger partial charge in [-0.15, -0.1) is 0 Å². The predicted octanol–water partition coefficient (Wildman–Crippen LogP) is 3.05. The van der Waals surface area contributed by atoms with Gasteiger partial charge in [-0.25, -0.2) is 14.3 Å². The number of allylic oxidation sites excluding steroid dienone is 2. The number of aromatic nitrogens is 2. The van der Waals surface area contributed by atoms with Crippen LogP contribution in [0.25, 0.3) is 5.57 Å². The summed E-state index contributed by atoms with van der Waals surface area (Å²) in [6.45, 7) is 5.50. The third kappa shape index (κ3) is 2.91. The lowest BCUT2D eigenvalue weighted by atomic mass is 9.99. The number of Topliss-reactive ketones (excluding diaryl/α,β-unsaturated/α-hetero) is 1. The quantitative estimate of drug-likeness (QED) is 0.797. The van der Waals surface area contributed by atoms with Crippen molar-refractivity contribution >= 4 is 17.4 Å². The largest absolute Gasteiger partial charge is 0.443 e. The first-order valence-corrected chi connectivity index (χ1v) is 7.32. The van der Waals surface area contributed by atoms with Gasteiger partial charge in [-0.05, 0) is 44.6 Å². The maximum atomic E-state index is 12.0. The molecule has 5 nitrogen and oxygen atoms in total. The molecule has 1 aromatic rings. The fourth-order valence-corrected chi connectivity index (χ4v) is 3.08. The molecule has 0 N–H and O–H groups in total. The summed E-state index contributed by atoms with van der Waals surface area (Å²) < 4.78 is 6.68. The van der Waals surface area contributed by atoms with Gasteiger partial charge in [0.25, 0.3) is 0 Å². The minimum atomic E-state index is -0.522. The average molecular weight is 288 g/mol. The number of nitrogens with zero attached hydrogens (tertiary/aromatic N) is 2. The van der Waals surface area contributed by atoms with Gasteiger partial charge >= 0.3 is 6.09 Å². The van der Waals surface area contributed by atoms with E-state index in [1.165, 1.54) is 10.9 Å². The molecule has 2 aliphatic carbocycles. The van der Waals surface area contributed by atoms with E-state index in [4.69, 9.17) is 4.74 Å². The standard InChI is InChI=1S/C16H20N2O3/c1-16(2,3)21-15(20)18-8-14(17-9-18)12-4-10-6-13(19)7-11(10)5-12/h4,8-11H,5-7H2,1-3H3. The zero-order chi connectivity index (χ0) is 15.2. The van der Waals surface area contributed by atoms with Crippen molar-refractivity contribution in [2.45, 2.75) is 45.6 Å². The van der Waals surface area contributed by atoms with Gasteiger partial charge in [-0.1, -0.05) is 6.08 Å². The van der Waals surface area contributed by atoms with Crippen LogP contribution in [0.5, 0.6) is 0 Å². The summed E-state index contributed by atoms with van der Waals surface area (Å²) in [5.74, 6) is 1.15. The van der Waals surface area contributed by atoms with Crippen molar-refractivity contribution in [1.29, 1.82) is 0 Å². The summed E-state index contributed by atoms with van der Waals surface area (Å²) in [7, 11) is 0. The van der Waals surface area contributed by atoms with Crippen LogP contribution >= 0.6 is 0 Å². The number of hydrogen-bond donors (Lipinski definition) is 0. The van der Waals surface area contributed by atoms with Gasteiger partial charge in [-0.2, -0.15) is 0 Å². The first-order chi connectivity index (χ1) is 9.82. The Bertz CT molecular complexity index is 622. The van der Waals surface area contributed by atoms with Crippen molar-refractivity contribution in [3.8, 4) is 0 Å². The fraction of sp³-hybridized carbons (Fsp3) is 0.562. The monoisotopic (exact) mass is 288 g/mol. The number of ether oxygens (including phenoxy) is 1. The molecule has 21 heavy (non-hydrogen) atoms. The number of rotatable bonds is 1. The number of hydrogen-bond acceptors (Lipinski definition) is 4. The zero-order valence-electron chi connectivity index (χ0n) is 12.6. The lowest BCUT2D eigenvalue weighted by molar-refractivity contribution is -0.117. The Morgan fingerprint density at radius 2 is 2.10 bits per heavy atom. The summed E-state index contributed by atoms with van der Waals surface area (Å²) in [5, 5.41) is 0. The van der Waals surface area contributed by atoms with E-state index >= 15 is 0 Å². The van der Waals surface area contributed by atoms with E-state index in [-0.39, 0.29) is 0 Å². The normalized spacial score (nSPS) is 24.9. The number of carbonyl (C=O) groups is 2. The molecule has 112 valence electrons. The van der Waals surface area contributed by atoms with Gasteiger partial charge in [0.05, 0.1) is 5.69 Å². The predicted molar refractivity (Wildman–Crippen MR) is 77.7 cm³/mol. The van der Waals surface area contributed by atoms with Gasteiger partial charge < -0.3 is 4.74 Å². The van der Waals surface area contributed by atoms with Crippen molar-refractivity contribution in [2.75, 3.05) is 0 Å². The van der Waals surface area contributed by atoms with Crippen LogP contribution in [0, 0.1) is 11.8 Å². The van der Waals surface area contributed by atoms with Crippen LogP contribution in [0.3, 0.4) is 0 Å². The summed E-state index contributed by atoms with van der Waals surface area (Å²) in [6, 6.07) is 0. The molecule has 0 aliphatic heterocycles. The molecule has 0 amide bonds. The molecule has 0 saturated heterocycles. The Balaban J connectivity index is 1.73. The van der Waals surface area contributed by atoms with Crippen LogP contribution in [0.4, 0.5) is 4.79 Å². The molecular weight excluding hydrogens is 268 g/mol. The lowest BCUT2D eigenvalue weighted by Gasteiger charge is -2.19. The Hall–Kier alpha value is -1.91. The highest BCUT2D eigenvalue weighted by molar-refractivity contribution is 5.84.